The fraction of sp³-hybridized carbons (Fsp3) is 1.00. The lowest BCUT2D eigenvalue weighted by molar-refractivity contribution is 0.657. The molecule has 1 unspecified atom stereocenters. The fourth-order valence-corrected chi connectivity index (χ4v) is 3.99. The van der Waals surface area contributed by atoms with Crippen LogP contribution in [0.3, 0.4) is 0 Å². The normalized spacial score (nSPS) is 34.3. The minimum absolute atomic E-state index is 0.828. The third-order valence-corrected chi connectivity index (χ3v) is 4.38. The van der Waals surface area contributed by atoms with Gasteiger partial charge in [-0.15, -0.1) is 11.8 Å². The molecule has 1 saturated heterocycles. The average molecular weight is 341 g/mol. The maximum atomic E-state index is 2.46. The minimum atomic E-state index is 0.828. The van der Waals surface area contributed by atoms with Crippen molar-refractivity contribution in [1.82, 2.24) is 3.11 Å². The Bertz CT molecular complexity index is 62.0. The van der Waals surface area contributed by atoms with Crippen LogP contribution in [-0.2, 0) is 0 Å². The van der Waals surface area contributed by atoms with Crippen molar-refractivity contribution in [1.29, 1.82) is 0 Å². The fourth-order valence-electron chi connectivity index (χ4n) is 0.423. The van der Waals surface area contributed by atoms with Gasteiger partial charge in [0.1, 0.15) is 0 Å². The van der Waals surface area contributed by atoms with E-state index in [0.29, 0.717) is 0 Å². The molecule has 1 fully saturated rings. The second kappa shape index (κ2) is 3.07. The number of hydrogen-bond acceptors (Lipinski definition) is 2. The molecule has 0 bridgehead atoms. The first-order valence-corrected chi connectivity index (χ1v) is 5.21. The van der Waals surface area contributed by atoms with Gasteiger partial charge >= 0.3 is 0 Å². The third-order valence-electron chi connectivity index (χ3n) is 0.737. The van der Waals surface area contributed by atoms with E-state index in [1.807, 2.05) is 11.8 Å². The molecule has 0 aliphatic carbocycles. The number of alkyl halides is 1. The lowest BCUT2D eigenvalue weighted by Crippen LogP contribution is -2.05. The number of nitrogens with zero attached hydrogens (tertiary/aromatic N) is 1. The minimum Gasteiger partial charge on any atom is -0.236 e. The number of rotatable bonds is 0. The third kappa shape index (κ3) is 2.23. The van der Waals surface area contributed by atoms with Crippen molar-refractivity contribution in [2.24, 2.45) is 0 Å². The van der Waals surface area contributed by atoms with E-state index in [1.54, 1.807) is 0 Å². The molecule has 0 saturated carbocycles. The first kappa shape index (κ1) is 6.88. The Morgan fingerprint density at radius 3 is 2.57 bits per heavy atom. The van der Waals surface area contributed by atoms with Crippen LogP contribution in [0.15, 0.2) is 0 Å². The lowest BCUT2D eigenvalue weighted by atomic mass is 10.8. The van der Waals surface area contributed by atoms with Gasteiger partial charge in [0.05, 0.1) is 9.13 Å². The summed E-state index contributed by atoms with van der Waals surface area (Å²) in [6, 6.07) is 0. The van der Waals surface area contributed by atoms with E-state index in [4.69, 9.17) is 0 Å². The molecule has 0 radical (unpaired) electrons. The molecule has 4 heteroatoms. The van der Waals surface area contributed by atoms with Crippen molar-refractivity contribution in [3.05, 3.63) is 0 Å². The molecule has 0 aromatic heterocycles. The van der Waals surface area contributed by atoms with Gasteiger partial charge in [0.15, 0.2) is 0 Å². The average Bonchev–Trinajstić information content (AvgIpc) is 1.87. The zero-order valence-electron chi connectivity index (χ0n) is 3.60. The summed E-state index contributed by atoms with van der Waals surface area (Å²) in [6.07, 6.45) is 0. The predicted octanol–water partition coefficient (Wildman–Crippen LogP) is 2.10. The molecule has 1 aliphatic rings. The Morgan fingerprint density at radius 2 is 2.43 bits per heavy atom. The Kier molecular flexibility index (Phi) is 3.02. The van der Waals surface area contributed by atoms with E-state index in [-0.39, 0.29) is 0 Å². The topological polar surface area (TPSA) is 3.24 Å². The van der Waals surface area contributed by atoms with Crippen LogP contribution >= 0.6 is 57.2 Å². The van der Waals surface area contributed by atoms with Crippen LogP contribution in [0.25, 0.3) is 0 Å². The first-order chi connectivity index (χ1) is 3.29. The van der Waals surface area contributed by atoms with Crippen molar-refractivity contribution in [2.45, 2.75) is 3.26 Å². The molecule has 1 heterocycles. The number of thioether (sulfide) groups is 1. The van der Waals surface area contributed by atoms with E-state index in [0.717, 1.165) is 3.26 Å². The number of hydrogen-bond donors (Lipinski definition) is 0. The van der Waals surface area contributed by atoms with Crippen molar-refractivity contribution in [3.8, 4) is 0 Å². The zero-order valence-corrected chi connectivity index (χ0v) is 8.73. The van der Waals surface area contributed by atoms with E-state index in [2.05, 4.69) is 48.6 Å². The summed E-state index contributed by atoms with van der Waals surface area (Å²) >= 11 is 6.83. The highest BCUT2D eigenvalue weighted by Gasteiger charge is 2.16. The Hall–Kier alpha value is 1.77. The van der Waals surface area contributed by atoms with Gasteiger partial charge < -0.3 is 0 Å². The SMILES string of the molecule is IC1CN(I)CS1. The van der Waals surface area contributed by atoms with Crippen molar-refractivity contribution in [3.63, 3.8) is 0 Å². The molecule has 0 spiro atoms. The molecule has 1 atom stereocenters. The maximum absolute atomic E-state index is 2.46. The molecule has 1 nitrogen and oxygen atoms in total. The van der Waals surface area contributed by atoms with Crippen LogP contribution in [0, 0.1) is 0 Å². The lowest BCUT2D eigenvalue weighted by Gasteiger charge is -1.97. The summed E-state index contributed by atoms with van der Waals surface area (Å²) < 4.78 is 3.13. The highest BCUT2D eigenvalue weighted by atomic mass is 127. The van der Waals surface area contributed by atoms with Crippen LogP contribution in [0.1, 0.15) is 0 Å². The summed E-state index contributed by atoms with van der Waals surface area (Å²) in [7, 11) is 0. The molecule has 0 aromatic rings. The summed E-state index contributed by atoms with van der Waals surface area (Å²) in [6.45, 7) is 1.24. The van der Waals surface area contributed by atoms with Gasteiger partial charge in [0, 0.05) is 29.4 Å². The highest BCUT2D eigenvalue weighted by molar-refractivity contribution is 14.1. The van der Waals surface area contributed by atoms with Crippen LogP contribution in [0.4, 0.5) is 0 Å². The summed E-state index contributed by atoms with van der Waals surface area (Å²) in [5.41, 5.74) is 0. The van der Waals surface area contributed by atoms with Gasteiger partial charge in [0.25, 0.3) is 0 Å². The molecule has 1 rings (SSSR count). The van der Waals surface area contributed by atoms with Gasteiger partial charge in [0.2, 0.25) is 0 Å². The first-order valence-electron chi connectivity index (χ1n) is 1.95. The maximum Gasteiger partial charge on any atom is 0.0712 e. The van der Waals surface area contributed by atoms with Gasteiger partial charge in [-0.25, -0.2) is 3.11 Å². The Labute approximate surface area is 75.2 Å². The summed E-state index contributed by atoms with van der Waals surface area (Å²) in [5.74, 6) is 1.20. The molecular weight excluding hydrogens is 336 g/mol. The molecule has 0 N–H and O–H groups in total. The van der Waals surface area contributed by atoms with Gasteiger partial charge in [-0.2, -0.15) is 0 Å². The van der Waals surface area contributed by atoms with Crippen LogP contribution in [0.2, 0.25) is 0 Å². The van der Waals surface area contributed by atoms with Crippen LogP contribution in [0.5, 0.6) is 0 Å². The molecule has 7 heavy (non-hydrogen) atoms. The van der Waals surface area contributed by atoms with Gasteiger partial charge in [-0.3, -0.25) is 0 Å². The van der Waals surface area contributed by atoms with E-state index >= 15 is 0 Å². The monoisotopic (exact) mass is 341 g/mol. The van der Waals surface area contributed by atoms with E-state index < -0.39 is 0 Å². The van der Waals surface area contributed by atoms with Crippen LogP contribution in [-0.4, -0.2) is 18.8 Å². The molecule has 42 valence electrons. The molecule has 0 amide bonds. The van der Waals surface area contributed by atoms with Gasteiger partial charge in [-0.05, 0) is 0 Å². The summed E-state index contributed by atoms with van der Waals surface area (Å²) in [5, 5.41) is 0. The van der Waals surface area contributed by atoms with Crippen molar-refractivity contribution >= 4 is 57.2 Å². The number of halogens is 2. The largest absolute Gasteiger partial charge is 0.236 e. The van der Waals surface area contributed by atoms with Gasteiger partial charge in [-0.1, -0.05) is 22.6 Å². The second-order valence-electron chi connectivity index (χ2n) is 1.35. The summed E-state index contributed by atoms with van der Waals surface area (Å²) in [4.78, 5) is 0. The predicted molar refractivity (Wildman–Crippen MR) is 51.0 cm³/mol. The molecular formula is C3H5I2NS. The van der Waals surface area contributed by atoms with E-state index in [9.17, 15) is 0 Å². The van der Waals surface area contributed by atoms with Crippen LogP contribution < -0.4 is 0 Å². The van der Waals surface area contributed by atoms with E-state index in [1.165, 1.54) is 12.4 Å². The van der Waals surface area contributed by atoms with Crippen molar-refractivity contribution < 1.29 is 0 Å². The molecule has 0 aromatic carbocycles. The quantitative estimate of drug-likeness (QED) is 0.377. The second-order valence-corrected chi connectivity index (χ2v) is 6.22. The highest BCUT2D eigenvalue weighted by Crippen LogP contribution is 2.29. The standard InChI is InChI=1S/C3H5I2NS/c4-3-1-6(5)2-7-3/h3H,1-2H2. The Morgan fingerprint density at radius 1 is 1.71 bits per heavy atom. The van der Waals surface area contributed by atoms with Crippen molar-refractivity contribution in [2.75, 3.05) is 12.4 Å². The Balaban J connectivity index is 2.26. The smallest absolute Gasteiger partial charge is 0.0712 e. The molecule has 1 aliphatic heterocycles. The zero-order chi connectivity index (χ0) is 5.28.